The van der Waals surface area contributed by atoms with Gasteiger partial charge in [-0.05, 0) is 0 Å². The van der Waals surface area contributed by atoms with Gasteiger partial charge >= 0.3 is 17.6 Å². The highest BCUT2D eigenvalue weighted by Crippen LogP contribution is 2.35. The monoisotopic (exact) mass is 409 g/mol. The number of rotatable bonds is 4. The maximum atomic E-state index is 13.0. The van der Waals surface area contributed by atoms with Crippen molar-refractivity contribution in [3.8, 4) is 23.8 Å². The summed E-state index contributed by atoms with van der Waals surface area (Å²) in [5.74, 6) is 1.87. The summed E-state index contributed by atoms with van der Waals surface area (Å²) in [5.41, 5.74) is -4.75. The molecule has 12 heteroatoms. The molecule has 3 rings (SSSR count). The van der Waals surface area contributed by atoms with E-state index in [0.717, 1.165) is 25.4 Å². The zero-order chi connectivity index (χ0) is 21.5. The van der Waals surface area contributed by atoms with Crippen LogP contribution in [0.15, 0.2) is 38.5 Å². The molecular weight excluding hydrogens is 399 g/mol. The Labute approximate surface area is 158 Å². The van der Waals surface area contributed by atoms with Crippen LogP contribution in [0.2, 0.25) is 0 Å². The van der Waals surface area contributed by atoms with Crippen LogP contribution in [-0.4, -0.2) is 20.7 Å². The Morgan fingerprint density at radius 3 is 2.59 bits per heavy atom. The Balaban J connectivity index is 2.31. The molecule has 2 heterocycles. The van der Waals surface area contributed by atoms with Crippen LogP contribution in [0.5, 0.6) is 5.75 Å². The van der Waals surface area contributed by atoms with Crippen molar-refractivity contribution in [2.45, 2.75) is 6.18 Å². The van der Waals surface area contributed by atoms with Gasteiger partial charge in [-0.1, -0.05) is 5.92 Å². The average Bonchev–Trinajstić information content (AvgIpc) is 3.04. The van der Waals surface area contributed by atoms with Crippen molar-refractivity contribution in [1.82, 2.24) is 9.13 Å². The first kappa shape index (κ1) is 19.7. The van der Waals surface area contributed by atoms with E-state index in [1.165, 1.54) is 0 Å². The third-order valence-electron chi connectivity index (χ3n) is 3.99. The number of ether oxygens (including phenoxy) is 1. The summed E-state index contributed by atoms with van der Waals surface area (Å²) >= 11 is 0. The molecule has 0 aliphatic heterocycles. The van der Waals surface area contributed by atoms with E-state index in [9.17, 15) is 32.9 Å². The lowest BCUT2D eigenvalue weighted by Gasteiger charge is -2.13. The fraction of sp³-hybridized carbons (Fsp3) is 0.176. The zero-order valence-corrected chi connectivity index (χ0v) is 14.5. The number of nitro groups is 1. The first-order valence-electron chi connectivity index (χ1n) is 7.72. The van der Waals surface area contributed by atoms with Crippen molar-refractivity contribution in [3.05, 3.63) is 61.1 Å². The molecule has 0 unspecified atom stereocenters. The topological polar surface area (TPSA) is 110 Å². The summed E-state index contributed by atoms with van der Waals surface area (Å²) in [6.45, 7) is -0.304. The minimum absolute atomic E-state index is 0.0292. The van der Waals surface area contributed by atoms with E-state index < -0.39 is 33.7 Å². The number of nitrogens with zero attached hydrogens (tertiary/aromatic N) is 3. The van der Waals surface area contributed by atoms with Gasteiger partial charge in [-0.3, -0.25) is 19.5 Å². The number of fused-ring (bicyclic) bond motifs is 1. The lowest BCUT2D eigenvalue weighted by Crippen LogP contribution is -2.40. The van der Waals surface area contributed by atoms with Gasteiger partial charge in [-0.15, -0.1) is 6.42 Å². The Hall–Kier alpha value is -4.01. The number of benzene rings is 1. The fourth-order valence-corrected chi connectivity index (χ4v) is 2.70. The quantitative estimate of drug-likeness (QED) is 0.371. The van der Waals surface area contributed by atoms with Crippen LogP contribution in [0.1, 0.15) is 5.69 Å². The smallest absolute Gasteiger partial charge is 0.431 e. The van der Waals surface area contributed by atoms with Gasteiger partial charge in [-0.25, -0.2) is 9.36 Å². The van der Waals surface area contributed by atoms with Crippen molar-refractivity contribution in [3.63, 3.8) is 0 Å². The number of furan rings is 1. The molecule has 150 valence electrons. The molecule has 0 aliphatic carbocycles. The Bertz CT molecular complexity index is 1290. The maximum absolute atomic E-state index is 13.0. The van der Waals surface area contributed by atoms with Crippen LogP contribution in [-0.2, 0) is 13.2 Å². The van der Waals surface area contributed by atoms with Gasteiger partial charge in [0.15, 0.2) is 5.75 Å². The van der Waals surface area contributed by atoms with E-state index >= 15 is 0 Å². The Morgan fingerprint density at radius 1 is 1.31 bits per heavy atom. The van der Waals surface area contributed by atoms with Crippen LogP contribution < -0.4 is 16.0 Å². The summed E-state index contributed by atoms with van der Waals surface area (Å²) < 4.78 is 50.0. The fourth-order valence-electron chi connectivity index (χ4n) is 2.70. The highest BCUT2D eigenvalue weighted by molar-refractivity contribution is 5.90. The number of hydrogen-bond donors (Lipinski definition) is 0. The molecular formula is C17H10F3N3O6. The molecule has 9 nitrogen and oxygen atoms in total. The van der Waals surface area contributed by atoms with Gasteiger partial charge < -0.3 is 9.15 Å². The molecule has 1 aromatic carbocycles. The van der Waals surface area contributed by atoms with Crippen LogP contribution in [0, 0.1) is 22.5 Å². The first-order chi connectivity index (χ1) is 13.6. The third-order valence-corrected chi connectivity index (χ3v) is 3.99. The predicted molar refractivity (Wildman–Crippen MR) is 93.0 cm³/mol. The maximum Gasteiger partial charge on any atom is 0.431 e. The summed E-state index contributed by atoms with van der Waals surface area (Å²) in [4.78, 5) is 35.2. The van der Waals surface area contributed by atoms with Gasteiger partial charge in [0.05, 0.1) is 11.0 Å². The highest BCUT2D eigenvalue weighted by Gasteiger charge is 2.35. The number of aromatic nitrogens is 2. The number of nitro benzene ring substituents is 1. The van der Waals surface area contributed by atoms with Gasteiger partial charge in [0.25, 0.3) is 5.56 Å². The summed E-state index contributed by atoms with van der Waals surface area (Å²) in [6, 6.07) is 2.37. The molecule has 0 atom stereocenters. The largest absolute Gasteiger partial charge is 0.474 e. The number of terminal acetylenes is 1. The van der Waals surface area contributed by atoms with E-state index in [2.05, 4.69) is 5.92 Å². The molecule has 0 amide bonds. The van der Waals surface area contributed by atoms with Gasteiger partial charge in [0.2, 0.25) is 0 Å². The molecule has 0 N–H and O–H groups in total. The van der Waals surface area contributed by atoms with E-state index in [1.54, 1.807) is 0 Å². The number of halogens is 3. The molecule has 0 saturated heterocycles. The summed E-state index contributed by atoms with van der Waals surface area (Å²) in [6.07, 6.45) is 1.09. The van der Waals surface area contributed by atoms with Crippen LogP contribution in [0.25, 0.3) is 16.7 Å². The lowest BCUT2D eigenvalue weighted by atomic mass is 10.2. The van der Waals surface area contributed by atoms with E-state index in [1.807, 2.05) is 0 Å². The van der Waals surface area contributed by atoms with Crippen molar-refractivity contribution in [2.75, 3.05) is 6.61 Å². The number of alkyl halides is 3. The summed E-state index contributed by atoms with van der Waals surface area (Å²) in [5, 5.41) is 11.2. The van der Waals surface area contributed by atoms with Gasteiger partial charge in [0, 0.05) is 24.6 Å². The molecule has 29 heavy (non-hydrogen) atoms. The molecule has 3 aromatic rings. The molecule has 0 saturated carbocycles. The second-order valence-electron chi connectivity index (χ2n) is 5.73. The molecule has 0 fully saturated rings. The second-order valence-corrected chi connectivity index (χ2v) is 5.73. The molecule has 0 aliphatic rings. The predicted octanol–water partition coefficient (Wildman–Crippen LogP) is 2.22. The minimum atomic E-state index is -4.92. The van der Waals surface area contributed by atoms with E-state index in [4.69, 9.17) is 15.6 Å². The number of hydrogen-bond acceptors (Lipinski definition) is 6. The molecule has 0 spiro atoms. The second kappa shape index (κ2) is 6.86. The average molecular weight is 409 g/mol. The third kappa shape index (κ3) is 3.33. The van der Waals surface area contributed by atoms with Crippen LogP contribution in [0.4, 0.5) is 18.9 Å². The Kier molecular flexibility index (Phi) is 4.67. The first-order valence-corrected chi connectivity index (χ1v) is 7.72. The van der Waals surface area contributed by atoms with Crippen molar-refractivity contribution >= 4 is 16.7 Å². The van der Waals surface area contributed by atoms with Gasteiger partial charge in [-0.2, -0.15) is 13.2 Å². The van der Waals surface area contributed by atoms with E-state index in [-0.39, 0.29) is 39.6 Å². The minimum Gasteiger partial charge on any atom is -0.474 e. The normalized spacial score (nSPS) is 11.4. The van der Waals surface area contributed by atoms with Crippen LogP contribution >= 0.6 is 0 Å². The van der Waals surface area contributed by atoms with Crippen LogP contribution in [0.3, 0.4) is 0 Å². The van der Waals surface area contributed by atoms with Crippen molar-refractivity contribution < 1.29 is 27.2 Å². The zero-order valence-electron chi connectivity index (χ0n) is 14.5. The molecule has 0 bridgehead atoms. The standard InChI is InChI=1S/C17H10F3N3O6/c1-3-4-28-13-5-9-11(8-29-12(9)6-10(13)23(26)27)22-15(24)7-14(17(18,19)20)21(2)16(22)25/h1,5-8H,4H2,2H3. The molecule has 2 aromatic heterocycles. The lowest BCUT2D eigenvalue weighted by molar-refractivity contribution is -0.385. The Morgan fingerprint density at radius 2 is 2.00 bits per heavy atom. The molecule has 0 radical (unpaired) electrons. The van der Waals surface area contributed by atoms with Crippen molar-refractivity contribution in [2.24, 2.45) is 7.05 Å². The highest BCUT2D eigenvalue weighted by atomic mass is 19.4. The van der Waals surface area contributed by atoms with Gasteiger partial charge in [0.1, 0.15) is 29.8 Å². The van der Waals surface area contributed by atoms with E-state index in [0.29, 0.717) is 4.57 Å². The summed E-state index contributed by atoms with van der Waals surface area (Å²) in [7, 11) is 0.857. The SMILES string of the molecule is C#CCOc1cc2c(-n3c(=O)cc(C(F)(F)F)n(C)c3=O)coc2cc1[N+](=O)[O-]. The van der Waals surface area contributed by atoms with Crippen molar-refractivity contribution in [1.29, 1.82) is 0 Å².